The zero-order valence-corrected chi connectivity index (χ0v) is 16.4. The summed E-state index contributed by atoms with van der Waals surface area (Å²) in [6.07, 6.45) is 0.296. The number of sulfonamides is 1. The van der Waals surface area contributed by atoms with Crippen molar-refractivity contribution < 1.29 is 17.9 Å². The van der Waals surface area contributed by atoms with Crippen molar-refractivity contribution in [1.29, 1.82) is 0 Å². The lowest BCUT2D eigenvalue weighted by molar-refractivity contribution is -0.134. The number of anilines is 1. The van der Waals surface area contributed by atoms with Crippen molar-refractivity contribution in [1.82, 2.24) is 4.90 Å². The molecule has 0 spiro atoms. The van der Waals surface area contributed by atoms with Crippen LogP contribution < -0.4 is 4.72 Å². The Labute approximate surface area is 160 Å². The van der Waals surface area contributed by atoms with Crippen LogP contribution in [0.3, 0.4) is 0 Å². The molecule has 144 valence electrons. The fourth-order valence-electron chi connectivity index (χ4n) is 2.88. The van der Waals surface area contributed by atoms with Gasteiger partial charge in [-0.1, -0.05) is 18.2 Å². The summed E-state index contributed by atoms with van der Waals surface area (Å²) in [5.74, 6) is 0.0572. The number of benzene rings is 2. The highest BCUT2D eigenvalue weighted by Gasteiger charge is 2.18. The number of rotatable bonds is 5. The Balaban J connectivity index is 1.66. The molecule has 1 fully saturated rings. The maximum Gasteiger partial charge on any atom is 0.261 e. The summed E-state index contributed by atoms with van der Waals surface area (Å²) in [6.45, 7) is 6.21. The number of amides is 1. The van der Waals surface area contributed by atoms with E-state index < -0.39 is 10.0 Å². The van der Waals surface area contributed by atoms with Gasteiger partial charge in [0.15, 0.2) is 0 Å². The second-order valence-electron chi connectivity index (χ2n) is 6.72. The third-order valence-electron chi connectivity index (χ3n) is 4.71. The summed E-state index contributed by atoms with van der Waals surface area (Å²) in [5, 5.41) is 0. The number of ether oxygens (including phenoxy) is 1. The van der Waals surface area contributed by atoms with Gasteiger partial charge in [0.1, 0.15) is 0 Å². The van der Waals surface area contributed by atoms with Gasteiger partial charge in [0.2, 0.25) is 5.91 Å². The summed E-state index contributed by atoms with van der Waals surface area (Å²) in [6, 6.07) is 12.0. The van der Waals surface area contributed by atoms with E-state index in [2.05, 4.69) is 4.72 Å². The zero-order valence-electron chi connectivity index (χ0n) is 15.6. The first kappa shape index (κ1) is 19.4. The van der Waals surface area contributed by atoms with Crippen LogP contribution in [0.2, 0.25) is 0 Å². The number of aryl methyl sites for hydroxylation is 2. The maximum absolute atomic E-state index is 12.6. The fourth-order valence-corrected chi connectivity index (χ4v) is 4.03. The molecule has 1 amide bonds. The van der Waals surface area contributed by atoms with Gasteiger partial charge in [-0.25, -0.2) is 8.42 Å². The highest BCUT2D eigenvalue weighted by molar-refractivity contribution is 7.92. The van der Waals surface area contributed by atoms with Gasteiger partial charge in [-0.15, -0.1) is 0 Å². The second kappa shape index (κ2) is 8.10. The highest BCUT2D eigenvalue weighted by Crippen LogP contribution is 2.19. The number of hydrogen-bond acceptors (Lipinski definition) is 4. The van der Waals surface area contributed by atoms with Gasteiger partial charge in [0, 0.05) is 18.8 Å². The molecular weight excluding hydrogens is 364 g/mol. The third-order valence-corrected chi connectivity index (χ3v) is 6.09. The Morgan fingerprint density at radius 2 is 1.70 bits per heavy atom. The van der Waals surface area contributed by atoms with Gasteiger partial charge in [0.05, 0.1) is 24.5 Å². The summed E-state index contributed by atoms with van der Waals surface area (Å²) >= 11 is 0. The normalized spacial score (nSPS) is 14.8. The maximum atomic E-state index is 12.6. The average molecular weight is 388 g/mol. The summed E-state index contributed by atoms with van der Waals surface area (Å²) in [4.78, 5) is 14.3. The number of nitrogens with one attached hydrogen (secondary N) is 1. The molecule has 1 aliphatic rings. The Morgan fingerprint density at radius 1 is 1.04 bits per heavy atom. The Morgan fingerprint density at radius 3 is 2.33 bits per heavy atom. The van der Waals surface area contributed by atoms with E-state index in [4.69, 9.17) is 4.74 Å². The van der Waals surface area contributed by atoms with Crippen LogP contribution in [-0.2, 0) is 26.0 Å². The van der Waals surface area contributed by atoms with Crippen LogP contribution in [0.4, 0.5) is 5.69 Å². The van der Waals surface area contributed by atoms with Crippen molar-refractivity contribution >= 4 is 21.6 Å². The van der Waals surface area contributed by atoms with Crippen molar-refractivity contribution in [3.63, 3.8) is 0 Å². The smallest absolute Gasteiger partial charge is 0.261 e. The van der Waals surface area contributed by atoms with Crippen molar-refractivity contribution in [2.45, 2.75) is 25.2 Å². The molecule has 0 aliphatic carbocycles. The number of carbonyl (C=O) groups is 1. The molecule has 2 aromatic carbocycles. The quantitative estimate of drug-likeness (QED) is 0.854. The number of carbonyl (C=O) groups excluding carboxylic acids is 1. The van der Waals surface area contributed by atoms with Crippen molar-refractivity contribution in [2.75, 3.05) is 31.0 Å². The van der Waals surface area contributed by atoms with Crippen molar-refractivity contribution in [3.8, 4) is 0 Å². The summed E-state index contributed by atoms with van der Waals surface area (Å²) in [7, 11) is -3.64. The standard InChI is InChI=1S/C20H24N2O4S/c1-15-3-8-19(13-16(15)2)27(24,25)21-18-6-4-17(5-7-18)14-20(23)22-9-11-26-12-10-22/h3-8,13,21H,9-12,14H2,1-2H3. The van der Waals surface area contributed by atoms with Crippen LogP contribution in [0.15, 0.2) is 47.4 Å². The zero-order chi connectivity index (χ0) is 19.4. The third kappa shape index (κ3) is 4.87. The summed E-state index contributed by atoms with van der Waals surface area (Å²) < 4.78 is 32.9. The molecule has 0 unspecified atom stereocenters. The van der Waals surface area contributed by atoms with E-state index in [1.165, 1.54) is 0 Å². The lowest BCUT2D eigenvalue weighted by Crippen LogP contribution is -2.41. The van der Waals surface area contributed by atoms with Crippen LogP contribution in [0.1, 0.15) is 16.7 Å². The fraction of sp³-hybridized carbons (Fsp3) is 0.350. The largest absolute Gasteiger partial charge is 0.378 e. The molecule has 27 heavy (non-hydrogen) atoms. The van der Waals surface area contributed by atoms with Crippen LogP contribution in [0.25, 0.3) is 0 Å². The molecule has 1 aliphatic heterocycles. The molecule has 1 heterocycles. The number of hydrogen-bond donors (Lipinski definition) is 1. The molecular formula is C20H24N2O4S. The lowest BCUT2D eigenvalue weighted by Gasteiger charge is -2.26. The van der Waals surface area contributed by atoms with Crippen LogP contribution in [0, 0.1) is 13.8 Å². The summed E-state index contributed by atoms with van der Waals surface area (Å²) in [5.41, 5.74) is 3.29. The topological polar surface area (TPSA) is 75.7 Å². The highest BCUT2D eigenvalue weighted by atomic mass is 32.2. The van der Waals surface area contributed by atoms with Gasteiger partial charge in [-0.3, -0.25) is 9.52 Å². The van der Waals surface area contributed by atoms with Crippen LogP contribution in [0.5, 0.6) is 0 Å². The van der Waals surface area contributed by atoms with Gasteiger partial charge in [-0.05, 0) is 54.8 Å². The molecule has 3 rings (SSSR count). The van der Waals surface area contributed by atoms with E-state index in [9.17, 15) is 13.2 Å². The van der Waals surface area contributed by atoms with Crippen LogP contribution >= 0.6 is 0 Å². The van der Waals surface area contributed by atoms with Gasteiger partial charge in [0.25, 0.3) is 10.0 Å². The SMILES string of the molecule is Cc1ccc(S(=O)(=O)Nc2ccc(CC(=O)N3CCOCC3)cc2)cc1C. The molecule has 7 heteroatoms. The van der Waals surface area contributed by atoms with E-state index in [0.717, 1.165) is 16.7 Å². The second-order valence-corrected chi connectivity index (χ2v) is 8.40. The predicted octanol–water partition coefficient (Wildman–Crippen LogP) is 2.51. The minimum Gasteiger partial charge on any atom is -0.378 e. The first-order valence-electron chi connectivity index (χ1n) is 8.90. The molecule has 6 nitrogen and oxygen atoms in total. The molecule has 1 N–H and O–H groups in total. The first-order valence-corrected chi connectivity index (χ1v) is 10.4. The molecule has 0 radical (unpaired) electrons. The molecule has 2 aromatic rings. The van der Waals surface area contributed by atoms with Gasteiger partial charge >= 0.3 is 0 Å². The molecule has 0 aromatic heterocycles. The van der Waals surface area contributed by atoms with Crippen molar-refractivity contribution in [3.05, 3.63) is 59.2 Å². The minimum absolute atomic E-state index is 0.0572. The lowest BCUT2D eigenvalue weighted by atomic mass is 10.1. The van der Waals surface area contributed by atoms with Gasteiger partial charge < -0.3 is 9.64 Å². The minimum atomic E-state index is -3.64. The van der Waals surface area contributed by atoms with E-state index in [1.54, 1.807) is 47.4 Å². The monoisotopic (exact) mass is 388 g/mol. The predicted molar refractivity (Wildman–Crippen MR) is 104 cm³/mol. The van der Waals surface area contributed by atoms with Crippen LogP contribution in [-0.4, -0.2) is 45.5 Å². The average Bonchev–Trinajstić information content (AvgIpc) is 2.66. The molecule has 1 saturated heterocycles. The van der Waals surface area contributed by atoms with E-state index in [-0.39, 0.29) is 10.8 Å². The molecule has 0 bridgehead atoms. The van der Waals surface area contributed by atoms with Gasteiger partial charge in [-0.2, -0.15) is 0 Å². The van der Waals surface area contributed by atoms with Crippen molar-refractivity contribution in [2.24, 2.45) is 0 Å². The Kier molecular flexibility index (Phi) is 5.82. The Bertz CT molecular complexity index is 917. The number of morpholine rings is 1. The molecule has 0 atom stereocenters. The number of nitrogens with zero attached hydrogens (tertiary/aromatic N) is 1. The Hall–Kier alpha value is -2.38. The molecule has 0 saturated carbocycles. The van der Waals surface area contributed by atoms with E-state index in [1.807, 2.05) is 13.8 Å². The first-order chi connectivity index (χ1) is 12.8. The van der Waals surface area contributed by atoms with E-state index in [0.29, 0.717) is 38.4 Å². The van der Waals surface area contributed by atoms with E-state index >= 15 is 0 Å².